The second-order valence-corrected chi connectivity index (χ2v) is 6.76. The van der Waals surface area contributed by atoms with Crippen LogP contribution in [0.3, 0.4) is 0 Å². The first-order valence-corrected chi connectivity index (χ1v) is 8.64. The molecule has 0 unspecified atom stereocenters. The van der Waals surface area contributed by atoms with Crippen molar-refractivity contribution < 1.29 is 22.8 Å². The summed E-state index contributed by atoms with van der Waals surface area (Å²) >= 11 is 0. The van der Waals surface area contributed by atoms with E-state index in [1.54, 1.807) is 12.1 Å². The summed E-state index contributed by atoms with van der Waals surface area (Å²) in [5.74, 6) is -1.12. The molecule has 2 atom stereocenters. The Hall–Kier alpha value is -3.02. The summed E-state index contributed by atoms with van der Waals surface area (Å²) in [7, 11) is 0. The van der Waals surface area contributed by atoms with Gasteiger partial charge in [-0.25, -0.2) is 8.78 Å². The highest BCUT2D eigenvalue weighted by Gasteiger charge is 2.46. The molecule has 1 aliphatic rings. The first kappa shape index (κ1) is 17.4. The molecule has 4 nitrogen and oxygen atoms in total. The topological polar surface area (TPSA) is 52.3 Å². The van der Waals surface area contributed by atoms with Crippen molar-refractivity contribution in [1.29, 1.82) is 0 Å². The third-order valence-electron chi connectivity index (χ3n) is 4.85. The Kier molecular flexibility index (Phi) is 4.26. The van der Waals surface area contributed by atoms with Gasteiger partial charge < -0.3 is 9.26 Å². The number of aromatic nitrogens is 1. The highest BCUT2D eigenvalue weighted by atomic mass is 19.1. The van der Waals surface area contributed by atoms with Gasteiger partial charge in [0.15, 0.2) is 0 Å². The monoisotopic (exact) mass is 369 g/mol. The van der Waals surface area contributed by atoms with Crippen LogP contribution in [-0.4, -0.2) is 11.1 Å². The minimum Gasteiger partial charge on any atom is -0.426 e. The number of halogens is 2. The zero-order valence-electron chi connectivity index (χ0n) is 14.8. The molecule has 1 saturated carbocycles. The van der Waals surface area contributed by atoms with Crippen LogP contribution in [0.4, 0.5) is 8.78 Å². The molecule has 0 aliphatic heterocycles. The summed E-state index contributed by atoms with van der Waals surface area (Å²) in [4.78, 5) is 12.3. The van der Waals surface area contributed by atoms with Gasteiger partial charge in [-0.3, -0.25) is 4.79 Å². The predicted octanol–water partition coefficient (Wildman–Crippen LogP) is 4.95. The lowest BCUT2D eigenvalue weighted by Crippen LogP contribution is -2.11. The van der Waals surface area contributed by atoms with E-state index in [2.05, 4.69) is 5.16 Å². The summed E-state index contributed by atoms with van der Waals surface area (Å²) in [5.41, 5.74) is 2.84. The van der Waals surface area contributed by atoms with Crippen molar-refractivity contribution in [2.45, 2.75) is 26.2 Å². The van der Waals surface area contributed by atoms with Crippen LogP contribution in [0.15, 0.2) is 47.0 Å². The van der Waals surface area contributed by atoms with Crippen LogP contribution >= 0.6 is 0 Å². The van der Waals surface area contributed by atoms with Crippen LogP contribution < -0.4 is 4.74 Å². The maximum atomic E-state index is 13.8. The Bertz CT molecular complexity index is 991. The number of esters is 1. The molecule has 0 N–H and O–H groups in total. The minimum absolute atomic E-state index is 0.228. The number of carbonyl (C=O) groups excluding carboxylic acids is 1. The van der Waals surface area contributed by atoms with Gasteiger partial charge >= 0.3 is 5.97 Å². The molecule has 0 spiro atoms. The van der Waals surface area contributed by atoms with Gasteiger partial charge in [0, 0.05) is 11.5 Å². The fraction of sp³-hybridized carbons (Fsp3) is 0.238. The lowest BCUT2D eigenvalue weighted by molar-refractivity contribution is -0.135. The summed E-state index contributed by atoms with van der Waals surface area (Å²) in [6.07, 6.45) is 0.455. The lowest BCUT2D eigenvalue weighted by atomic mass is 10.0. The molecule has 6 heteroatoms. The van der Waals surface area contributed by atoms with Crippen molar-refractivity contribution in [3.63, 3.8) is 0 Å². The number of ether oxygens (including phenoxy) is 1. The quantitative estimate of drug-likeness (QED) is 0.483. The molecule has 0 radical (unpaired) electrons. The largest absolute Gasteiger partial charge is 0.426 e. The third-order valence-corrected chi connectivity index (χ3v) is 4.85. The number of rotatable bonds is 4. The molecule has 0 saturated heterocycles. The molecule has 1 heterocycles. The number of benzene rings is 2. The summed E-state index contributed by atoms with van der Waals surface area (Å²) < 4.78 is 37.7. The Morgan fingerprint density at radius 1 is 1.15 bits per heavy atom. The third kappa shape index (κ3) is 3.35. The second kappa shape index (κ2) is 6.61. The maximum Gasteiger partial charge on any atom is 0.314 e. The molecule has 3 aromatic rings. The van der Waals surface area contributed by atoms with Crippen LogP contribution in [0.5, 0.6) is 5.75 Å². The van der Waals surface area contributed by atoms with Crippen LogP contribution in [-0.2, 0) is 4.79 Å². The lowest BCUT2D eigenvalue weighted by Gasteiger charge is -2.06. The van der Waals surface area contributed by atoms with E-state index in [0.29, 0.717) is 12.2 Å². The molecule has 1 aliphatic carbocycles. The Morgan fingerprint density at radius 3 is 2.56 bits per heavy atom. The number of carbonyl (C=O) groups is 1. The van der Waals surface area contributed by atoms with Gasteiger partial charge in [0.2, 0.25) is 0 Å². The molecule has 0 amide bonds. The van der Waals surface area contributed by atoms with Gasteiger partial charge in [-0.05, 0) is 61.7 Å². The molecule has 138 valence electrons. The van der Waals surface area contributed by atoms with Crippen LogP contribution in [0, 0.1) is 31.4 Å². The average molecular weight is 369 g/mol. The molecule has 27 heavy (non-hydrogen) atoms. The van der Waals surface area contributed by atoms with Crippen molar-refractivity contribution in [3.8, 4) is 16.9 Å². The Morgan fingerprint density at radius 2 is 1.89 bits per heavy atom. The molecule has 2 aromatic carbocycles. The van der Waals surface area contributed by atoms with E-state index >= 15 is 0 Å². The molecular formula is C21H17F2NO3. The zero-order chi connectivity index (χ0) is 19.1. The normalized spacial score (nSPS) is 18.4. The van der Waals surface area contributed by atoms with E-state index in [9.17, 15) is 13.6 Å². The Labute approximate surface area is 154 Å². The molecule has 1 fully saturated rings. The summed E-state index contributed by atoms with van der Waals surface area (Å²) in [5, 5.41) is 3.93. The molecule has 4 rings (SSSR count). The van der Waals surface area contributed by atoms with Gasteiger partial charge in [0.1, 0.15) is 23.1 Å². The standard InChI is InChI=1S/C21H17F2NO3/c1-11-20(12(2)27-24-11)13-3-6-15(7-4-13)26-21(25)18-10-16(18)17-9-14(22)5-8-19(17)23/h3-9,16,18H,10H2,1-2H3/t16-,18-/m0/s1. The molecular weight excluding hydrogens is 352 g/mol. The first-order chi connectivity index (χ1) is 12.9. The van der Waals surface area contributed by atoms with Gasteiger partial charge in [-0.2, -0.15) is 0 Å². The van der Waals surface area contributed by atoms with Gasteiger partial charge in [-0.15, -0.1) is 0 Å². The van der Waals surface area contributed by atoms with Gasteiger partial charge in [0.05, 0.1) is 11.6 Å². The molecule has 1 aromatic heterocycles. The maximum absolute atomic E-state index is 13.8. The van der Waals surface area contributed by atoms with Crippen molar-refractivity contribution in [2.24, 2.45) is 5.92 Å². The highest BCUT2D eigenvalue weighted by molar-refractivity contribution is 5.80. The van der Waals surface area contributed by atoms with E-state index in [1.807, 2.05) is 26.0 Å². The summed E-state index contributed by atoms with van der Waals surface area (Å²) in [6, 6.07) is 10.3. The fourth-order valence-corrected chi connectivity index (χ4v) is 3.37. The van der Waals surface area contributed by atoms with Crippen molar-refractivity contribution in [2.75, 3.05) is 0 Å². The van der Waals surface area contributed by atoms with E-state index in [-0.39, 0.29) is 11.5 Å². The minimum atomic E-state index is -0.514. The summed E-state index contributed by atoms with van der Waals surface area (Å²) in [6.45, 7) is 3.70. The van der Waals surface area contributed by atoms with Crippen LogP contribution in [0.1, 0.15) is 29.4 Å². The van der Waals surface area contributed by atoms with Crippen LogP contribution in [0.25, 0.3) is 11.1 Å². The van der Waals surface area contributed by atoms with E-state index < -0.39 is 23.5 Å². The van der Waals surface area contributed by atoms with Gasteiger partial charge in [-0.1, -0.05) is 17.3 Å². The van der Waals surface area contributed by atoms with Crippen molar-refractivity contribution in [1.82, 2.24) is 5.16 Å². The SMILES string of the molecule is Cc1noc(C)c1-c1ccc(OC(=O)[C@H]2C[C@H]2c2cc(F)ccc2F)cc1. The van der Waals surface area contributed by atoms with E-state index in [4.69, 9.17) is 9.26 Å². The second-order valence-electron chi connectivity index (χ2n) is 6.76. The van der Waals surface area contributed by atoms with Gasteiger partial charge in [0.25, 0.3) is 0 Å². The predicted molar refractivity (Wildman–Crippen MR) is 94.3 cm³/mol. The number of nitrogens with zero attached hydrogens (tertiary/aromatic N) is 1. The highest BCUT2D eigenvalue weighted by Crippen LogP contribution is 2.49. The Balaban J connectivity index is 1.44. The smallest absolute Gasteiger partial charge is 0.314 e. The van der Waals surface area contributed by atoms with Crippen LogP contribution in [0.2, 0.25) is 0 Å². The van der Waals surface area contributed by atoms with E-state index in [1.165, 1.54) is 0 Å². The zero-order valence-corrected chi connectivity index (χ0v) is 14.8. The molecule has 0 bridgehead atoms. The van der Waals surface area contributed by atoms with Crippen molar-refractivity contribution >= 4 is 5.97 Å². The fourth-order valence-electron chi connectivity index (χ4n) is 3.37. The number of hydrogen-bond acceptors (Lipinski definition) is 4. The first-order valence-electron chi connectivity index (χ1n) is 8.64. The number of hydrogen-bond donors (Lipinski definition) is 0. The van der Waals surface area contributed by atoms with Crippen molar-refractivity contribution in [3.05, 3.63) is 71.1 Å². The van der Waals surface area contributed by atoms with E-state index in [0.717, 1.165) is 40.8 Å². The average Bonchev–Trinajstić information content (AvgIpc) is 3.37. The number of aryl methyl sites for hydroxylation is 2.